The Kier molecular flexibility index (Phi) is 5.61. The molecule has 0 aliphatic carbocycles. The number of hydrogen-bond acceptors (Lipinski definition) is 7. The topological polar surface area (TPSA) is 95.9 Å². The molecule has 0 saturated carbocycles. The van der Waals surface area contributed by atoms with E-state index in [2.05, 4.69) is 19.9 Å². The van der Waals surface area contributed by atoms with Gasteiger partial charge >= 0.3 is 12.4 Å². The van der Waals surface area contributed by atoms with E-state index in [1.807, 2.05) is 10.6 Å². The van der Waals surface area contributed by atoms with Crippen molar-refractivity contribution in [1.82, 2.24) is 19.9 Å². The summed E-state index contributed by atoms with van der Waals surface area (Å²) >= 11 is 0. The quantitative estimate of drug-likeness (QED) is 0.667. The molecule has 0 fully saturated rings. The van der Waals surface area contributed by atoms with E-state index < -0.39 is 42.2 Å². The number of alkyl halides is 6. The highest BCUT2D eigenvalue weighted by Crippen LogP contribution is 2.26. The molecular formula is C14H14F6N6O. The minimum Gasteiger partial charge on any atom is -0.493 e. The lowest BCUT2D eigenvalue weighted by atomic mass is 10.3. The normalized spacial score (nSPS) is 14.5. The standard InChI is InChI=1S/C14H14F6N6O/c1-6(13(15,16)17)21-11-24-10(8-4-3-5-9(27)23-8)25-12(26-11)22-7(2)14(18,19)20/h3-7H,1-2H3,(H,23,27)(H2,21,22,24,25,26). The van der Waals surface area contributed by atoms with Crippen LogP contribution in [-0.4, -0.2) is 49.5 Å². The van der Waals surface area contributed by atoms with Gasteiger partial charge in [-0.2, -0.15) is 41.3 Å². The zero-order valence-corrected chi connectivity index (χ0v) is 13.9. The largest absolute Gasteiger partial charge is 0.493 e. The van der Waals surface area contributed by atoms with Crippen molar-refractivity contribution in [3.05, 3.63) is 18.2 Å². The molecule has 0 aromatic carbocycles. The lowest BCUT2D eigenvalue weighted by Crippen LogP contribution is -2.35. The molecule has 7 nitrogen and oxygen atoms in total. The maximum atomic E-state index is 12.7. The zero-order valence-electron chi connectivity index (χ0n) is 13.9. The van der Waals surface area contributed by atoms with Gasteiger partial charge in [0.05, 0.1) is 0 Å². The summed E-state index contributed by atoms with van der Waals surface area (Å²) in [7, 11) is 0. The summed E-state index contributed by atoms with van der Waals surface area (Å²) in [5.41, 5.74) is -0.0668. The molecule has 2 rings (SSSR count). The fraction of sp³-hybridized carbons (Fsp3) is 0.429. The first-order chi connectivity index (χ1) is 12.4. The van der Waals surface area contributed by atoms with Gasteiger partial charge in [-0.25, -0.2) is 4.98 Å². The smallest absolute Gasteiger partial charge is 0.408 e. The Labute approximate surface area is 148 Å². The van der Waals surface area contributed by atoms with Gasteiger partial charge in [-0.15, -0.1) is 0 Å². The van der Waals surface area contributed by atoms with Crippen molar-refractivity contribution in [2.45, 2.75) is 38.3 Å². The van der Waals surface area contributed by atoms with Crippen LogP contribution in [0, 0.1) is 0 Å². The Hall–Kier alpha value is -2.86. The molecule has 0 radical (unpaired) electrons. The van der Waals surface area contributed by atoms with Crippen LogP contribution in [0.1, 0.15) is 13.8 Å². The summed E-state index contributed by atoms with van der Waals surface area (Å²) in [6, 6.07) is -0.238. The highest BCUT2D eigenvalue weighted by atomic mass is 19.4. The van der Waals surface area contributed by atoms with Crippen LogP contribution in [-0.2, 0) is 0 Å². The average Bonchev–Trinajstić information content (AvgIpc) is 2.52. The number of aromatic nitrogens is 4. The van der Waals surface area contributed by atoms with Gasteiger partial charge in [0, 0.05) is 6.07 Å². The summed E-state index contributed by atoms with van der Waals surface area (Å²) < 4.78 is 76.4. The first-order valence-corrected chi connectivity index (χ1v) is 7.45. The van der Waals surface area contributed by atoms with Crippen molar-refractivity contribution in [3.8, 4) is 17.4 Å². The van der Waals surface area contributed by atoms with E-state index in [-0.39, 0.29) is 11.5 Å². The van der Waals surface area contributed by atoms with Crippen LogP contribution in [0.5, 0.6) is 5.88 Å². The second kappa shape index (κ2) is 7.40. The Morgan fingerprint density at radius 3 is 1.70 bits per heavy atom. The summed E-state index contributed by atoms with van der Waals surface area (Å²) in [4.78, 5) is 14.7. The number of anilines is 2. The van der Waals surface area contributed by atoms with Crippen LogP contribution in [0.3, 0.4) is 0 Å². The van der Waals surface area contributed by atoms with Crippen molar-refractivity contribution in [2.75, 3.05) is 10.6 Å². The molecule has 0 spiro atoms. The van der Waals surface area contributed by atoms with Crippen molar-refractivity contribution >= 4 is 11.9 Å². The number of pyridine rings is 1. The lowest BCUT2D eigenvalue weighted by molar-refractivity contribution is -0.139. The number of nitrogens with zero attached hydrogens (tertiary/aromatic N) is 4. The van der Waals surface area contributed by atoms with E-state index in [0.29, 0.717) is 0 Å². The highest BCUT2D eigenvalue weighted by molar-refractivity contribution is 5.54. The van der Waals surface area contributed by atoms with E-state index in [0.717, 1.165) is 13.8 Å². The van der Waals surface area contributed by atoms with Crippen molar-refractivity contribution in [2.24, 2.45) is 0 Å². The van der Waals surface area contributed by atoms with E-state index in [4.69, 9.17) is 0 Å². The summed E-state index contributed by atoms with van der Waals surface area (Å²) in [6.45, 7) is 1.59. The van der Waals surface area contributed by atoms with Crippen LogP contribution in [0.25, 0.3) is 11.5 Å². The van der Waals surface area contributed by atoms with Crippen molar-refractivity contribution < 1.29 is 31.4 Å². The summed E-state index contributed by atoms with van der Waals surface area (Å²) in [6.07, 6.45) is -9.27. The van der Waals surface area contributed by atoms with Crippen LogP contribution in [0.15, 0.2) is 18.2 Å². The third-order valence-corrected chi connectivity index (χ3v) is 3.27. The molecule has 3 N–H and O–H groups in total. The highest BCUT2D eigenvalue weighted by Gasteiger charge is 2.38. The molecule has 0 aliphatic heterocycles. The van der Waals surface area contributed by atoms with Gasteiger partial charge in [0.15, 0.2) is 5.82 Å². The zero-order chi connectivity index (χ0) is 20.4. The fourth-order valence-corrected chi connectivity index (χ4v) is 1.72. The Bertz CT molecular complexity index is 756. The molecule has 2 aromatic rings. The van der Waals surface area contributed by atoms with Gasteiger partial charge in [-0.1, -0.05) is 6.07 Å². The van der Waals surface area contributed by atoms with E-state index in [1.54, 1.807) is 0 Å². The molecule has 0 aliphatic rings. The minimum absolute atomic E-state index is 0.0668. The van der Waals surface area contributed by atoms with Gasteiger partial charge in [0.1, 0.15) is 17.8 Å². The number of halogens is 6. The van der Waals surface area contributed by atoms with Crippen LogP contribution in [0.4, 0.5) is 38.2 Å². The predicted octanol–water partition coefficient (Wildman–Crippen LogP) is 3.36. The molecule has 27 heavy (non-hydrogen) atoms. The second-order valence-corrected chi connectivity index (χ2v) is 5.50. The molecule has 2 heterocycles. The Morgan fingerprint density at radius 1 is 0.815 bits per heavy atom. The molecule has 2 atom stereocenters. The van der Waals surface area contributed by atoms with Gasteiger partial charge in [-0.05, 0) is 19.9 Å². The van der Waals surface area contributed by atoms with E-state index in [9.17, 15) is 31.4 Å². The van der Waals surface area contributed by atoms with Gasteiger partial charge < -0.3 is 15.7 Å². The van der Waals surface area contributed by atoms with Crippen LogP contribution >= 0.6 is 0 Å². The van der Waals surface area contributed by atoms with Crippen LogP contribution < -0.4 is 10.6 Å². The molecule has 148 valence electrons. The predicted molar refractivity (Wildman–Crippen MR) is 83.0 cm³/mol. The maximum Gasteiger partial charge on any atom is 0.408 e. The SMILES string of the molecule is CC(Nc1nc(NC(C)C(F)(F)F)nc(-c2cccc(O)n2)n1)C(F)(F)F. The van der Waals surface area contributed by atoms with E-state index in [1.165, 1.54) is 18.2 Å². The summed E-state index contributed by atoms with van der Waals surface area (Å²) in [5.74, 6) is -1.96. The third-order valence-electron chi connectivity index (χ3n) is 3.27. The first kappa shape index (κ1) is 20.5. The van der Waals surface area contributed by atoms with Crippen LogP contribution in [0.2, 0.25) is 0 Å². The molecule has 2 unspecified atom stereocenters. The lowest BCUT2D eigenvalue weighted by Gasteiger charge is -2.20. The van der Waals surface area contributed by atoms with E-state index >= 15 is 0 Å². The molecule has 0 saturated heterocycles. The number of nitrogens with one attached hydrogen (secondary N) is 2. The monoisotopic (exact) mass is 396 g/mol. The second-order valence-electron chi connectivity index (χ2n) is 5.50. The average molecular weight is 396 g/mol. The molecule has 2 aromatic heterocycles. The maximum absolute atomic E-state index is 12.7. The van der Waals surface area contributed by atoms with Crippen molar-refractivity contribution in [1.29, 1.82) is 0 Å². The molecule has 0 bridgehead atoms. The van der Waals surface area contributed by atoms with Gasteiger partial charge in [0.25, 0.3) is 0 Å². The number of rotatable bonds is 5. The Morgan fingerprint density at radius 2 is 1.30 bits per heavy atom. The summed E-state index contributed by atoms with van der Waals surface area (Å²) in [5, 5.41) is 13.3. The molecule has 0 amide bonds. The molecule has 13 heteroatoms. The number of aromatic hydroxyl groups is 1. The fourth-order valence-electron chi connectivity index (χ4n) is 1.72. The minimum atomic E-state index is -4.64. The Balaban J connectivity index is 2.44. The third kappa shape index (κ3) is 5.56. The first-order valence-electron chi connectivity index (χ1n) is 7.45. The van der Waals surface area contributed by atoms with Gasteiger partial charge in [0.2, 0.25) is 17.8 Å². The van der Waals surface area contributed by atoms with Gasteiger partial charge in [-0.3, -0.25) is 0 Å². The molecular weight excluding hydrogens is 382 g/mol. The number of hydrogen-bond donors (Lipinski definition) is 3. The van der Waals surface area contributed by atoms with Crippen molar-refractivity contribution in [3.63, 3.8) is 0 Å².